The molecule has 0 aromatic heterocycles. The molecule has 13 heavy (non-hydrogen) atoms. The molecule has 4 heteroatoms. The van der Waals surface area contributed by atoms with E-state index in [4.69, 9.17) is 34.8 Å². The third kappa shape index (κ3) is 9.65. The molecule has 80 valence electrons. The van der Waals surface area contributed by atoms with Crippen LogP contribution in [0.15, 0.2) is 0 Å². The van der Waals surface area contributed by atoms with Gasteiger partial charge in [0.25, 0.3) is 0 Å². The predicted molar refractivity (Wildman–Crippen MR) is 66.7 cm³/mol. The van der Waals surface area contributed by atoms with Crippen LogP contribution in [0.2, 0.25) is 0 Å². The van der Waals surface area contributed by atoms with E-state index in [0.717, 1.165) is 43.9 Å². The van der Waals surface area contributed by atoms with Gasteiger partial charge in [0.2, 0.25) is 0 Å². The zero-order chi connectivity index (χ0) is 10.2. The Morgan fingerprint density at radius 3 is 1.92 bits per heavy atom. The summed E-state index contributed by atoms with van der Waals surface area (Å²) in [6.07, 6.45) is 5.97. The van der Waals surface area contributed by atoms with Gasteiger partial charge in [-0.1, -0.05) is 15.9 Å². The van der Waals surface area contributed by atoms with Crippen LogP contribution >= 0.6 is 50.7 Å². The van der Waals surface area contributed by atoms with E-state index in [0.29, 0.717) is 5.88 Å². The van der Waals surface area contributed by atoms with Gasteiger partial charge < -0.3 is 0 Å². The second-order valence-corrected chi connectivity index (χ2v) is 5.96. The fourth-order valence-corrected chi connectivity index (χ4v) is 2.20. The van der Waals surface area contributed by atoms with Gasteiger partial charge in [0.15, 0.2) is 0 Å². The van der Waals surface area contributed by atoms with Crippen LogP contribution in [0.25, 0.3) is 0 Å². The third-order valence-electron chi connectivity index (χ3n) is 1.85. The van der Waals surface area contributed by atoms with E-state index < -0.39 is 4.33 Å². The molecule has 0 atom stereocenters. The van der Waals surface area contributed by atoms with Gasteiger partial charge in [0.1, 0.15) is 4.33 Å². The standard InChI is InChI=1S/C9H16BrCl3/c10-7-3-1-5-9(12,13)6-2-4-8-11/h1-8H2. The number of hydrogen-bond donors (Lipinski definition) is 0. The monoisotopic (exact) mass is 308 g/mol. The molecule has 0 N–H and O–H groups in total. The van der Waals surface area contributed by atoms with Gasteiger partial charge in [0.05, 0.1) is 0 Å². The first kappa shape index (κ1) is 14.3. The number of rotatable bonds is 8. The van der Waals surface area contributed by atoms with E-state index >= 15 is 0 Å². The van der Waals surface area contributed by atoms with E-state index in [1.165, 1.54) is 0 Å². The maximum Gasteiger partial charge on any atom is 0.118 e. The maximum absolute atomic E-state index is 6.11. The van der Waals surface area contributed by atoms with Crippen LogP contribution < -0.4 is 0 Å². The maximum atomic E-state index is 6.11. The molecule has 0 nitrogen and oxygen atoms in total. The number of hydrogen-bond acceptors (Lipinski definition) is 0. The lowest BCUT2D eigenvalue weighted by atomic mass is 10.1. The lowest BCUT2D eigenvalue weighted by Gasteiger charge is -2.18. The fourth-order valence-electron chi connectivity index (χ4n) is 1.08. The Morgan fingerprint density at radius 2 is 1.46 bits per heavy atom. The molecule has 0 saturated heterocycles. The van der Waals surface area contributed by atoms with Crippen LogP contribution in [-0.4, -0.2) is 15.5 Å². The number of unbranched alkanes of at least 4 members (excludes halogenated alkanes) is 2. The molecule has 0 aromatic rings. The molecule has 0 spiro atoms. The van der Waals surface area contributed by atoms with Crippen LogP contribution in [0.1, 0.15) is 38.5 Å². The fraction of sp³-hybridized carbons (Fsp3) is 1.00. The molecule has 0 heterocycles. The first-order chi connectivity index (χ1) is 6.12. The summed E-state index contributed by atoms with van der Waals surface area (Å²) in [6, 6.07) is 0. The topological polar surface area (TPSA) is 0 Å². The van der Waals surface area contributed by atoms with Crippen molar-refractivity contribution in [2.75, 3.05) is 11.2 Å². The van der Waals surface area contributed by atoms with Crippen LogP contribution in [0, 0.1) is 0 Å². The molecule has 0 fully saturated rings. The number of alkyl halides is 4. The van der Waals surface area contributed by atoms with Crippen LogP contribution in [0.4, 0.5) is 0 Å². The minimum atomic E-state index is -0.534. The smallest absolute Gasteiger partial charge is 0.118 e. The summed E-state index contributed by atoms with van der Waals surface area (Å²) in [5.41, 5.74) is 0. The largest absolute Gasteiger partial charge is 0.127 e. The quantitative estimate of drug-likeness (QED) is 0.430. The van der Waals surface area contributed by atoms with E-state index in [9.17, 15) is 0 Å². The van der Waals surface area contributed by atoms with E-state index in [2.05, 4.69) is 15.9 Å². The average Bonchev–Trinajstić information content (AvgIpc) is 2.05. The highest BCUT2D eigenvalue weighted by Gasteiger charge is 2.22. The first-order valence-electron chi connectivity index (χ1n) is 4.62. The molecule has 0 aliphatic carbocycles. The Labute approximate surface area is 104 Å². The van der Waals surface area contributed by atoms with Crippen molar-refractivity contribution in [1.82, 2.24) is 0 Å². The zero-order valence-corrected chi connectivity index (χ0v) is 11.5. The predicted octanol–water partition coefficient (Wildman–Crippen LogP) is 5.13. The summed E-state index contributed by atoms with van der Waals surface area (Å²) in [5.74, 6) is 0.700. The minimum Gasteiger partial charge on any atom is -0.127 e. The zero-order valence-electron chi connectivity index (χ0n) is 7.67. The molecule has 0 unspecified atom stereocenters. The average molecular weight is 310 g/mol. The van der Waals surface area contributed by atoms with Crippen LogP contribution in [0.3, 0.4) is 0 Å². The highest BCUT2D eigenvalue weighted by Crippen LogP contribution is 2.33. The van der Waals surface area contributed by atoms with Crippen molar-refractivity contribution in [2.45, 2.75) is 42.9 Å². The Kier molecular flexibility index (Phi) is 9.54. The van der Waals surface area contributed by atoms with Crippen molar-refractivity contribution >= 4 is 50.7 Å². The van der Waals surface area contributed by atoms with Crippen LogP contribution in [-0.2, 0) is 0 Å². The Morgan fingerprint density at radius 1 is 0.923 bits per heavy atom. The van der Waals surface area contributed by atoms with Gasteiger partial charge in [-0.3, -0.25) is 0 Å². The molecule has 0 radical (unpaired) electrons. The van der Waals surface area contributed by atoms with Gasteiger partial charge >= 0.3 is 0 Å². The van der Waals surface area contributed by atoms with Crippen molar-refractivity contribution < 1.29 is 0 Å². The molecular formula is C9H16BrCl3. The second kappa shape index (κ2) is 8.64. The van der Waals surface area contributed by atoms with Gasteiger partial charge in [-0.05, 0) is 38.5 Å². The highest BCUT2D eigenvalue weighted by molar-refractivity contribution is 9.09. The van der Waals surface area contributed by atoms with Gasteiger partial charge in [-0.25, -0.2) is 0 Å². The Bertz CT molecular complexity index is 105. The van der Waals surface area contributed by atoms with Gasteiger partial charge in [-0.15, -0.1) is 34.8 Å². The lowest BCUT2D eigenvalue weighted by molar-refractivity contribution is 0.572. The van der Waals surface area contributed by atoms with Crippen molar-refractivity contribution in [3.8, 4) is 0 Å². The first-order valence-corrected chi connectivity index (χ1v) is 7.03. The summed E-state index contributed by atoms with van der Waals surface area (Å²) in [6.45, 7) is 0. The summed E-state index contributed by atoms with van der Waals surface area (Å²) in [4.78, 5) is 0. The molecule has 0 saturated carbocycles. The molecular weight excluding hydrogens is 294 g/mol. The van der Waals surface area contributed by atoms with Crippen molar-refractivity contribution in [3.05, 3.63) is 0 Å². The molecule has 0 rings (SSSR count). The molecule has 0 bridgehead atoms. The van der Waals surface area contributed by atoms with Crippen molar-refractivity contribution in [1.29, 1.82) is 0 Å². The normalized spacial score (nSPS) is 12.0. The Hall–Kier alpha value is 1.35. The Balaban J connectivity index is 3.42. The van der Waals surface area contributed by atoms with Gasteiger partial charge in [0, 0.05) is 11.2 Å². The summed E-state index contributed by atoms with van der Waals surface area (Å²) in [7, 11) is 0. The summed E-state index contributed by atoms with van der Waals surface area (Å²) in [5, 5.41) is 1.03. The highest BCUT2D eigenvalue weighted by atomic mass is 79.9. The molecule has 0 aliphatic heterocycles. The SMILES string of the molecule is ClCCCCC(Cl)(Cl)CCCCBr. The minimum absolute atomic E-state index is 0.534. The molecule has 0 aromatic carbocycles. The number of halogens is 4. The summed E-state index contributed by atoms with van der Waals surface area (Å²) < 4.78 is -0.534. The van der Waals surface area contributed by atoms with Crippen molar-refractivity contribution in [2.24, 2.45) is 0 Å². The molecule has 0 amide bonds. The van der Waals surface area contributed by atoms with E-state index in [-0.39, 0.29) is 0 Å². The van der Waals surface area contributed by atoms with Crippen LogP contribution in [0.5, 0.6) is 0 Å². The second-order valence-electron chi connectivity index (χ2n) is 3.15. The summed E-state index contributed by atoms with van der Waals surface area (Å²) >= 11 is 21.2. The van der Waals surface area contributed by atoms with E-state index in [1.54, 1.807) is 0 Å². The lowest BCUT2D eigenvalue weighted by Crippen LogP contribution is -2.12. The van der Waals surface area contributed by atoms with Gasteiger partial charge in [-0.2, -0.15) is 0 Å². The third-order valence-corrected chi connectivity index (χ3v) is 3.44. The molecule has 0 aliphatic rings. The van der Waals surface area contributed by atoms with E-state index in [1.807, 2.05) is 0 Å². The van der Waals surface area contributed by atoms with Crippen molar-refractivity contribution in [3.63, 3.8) is 0 Å².